The van der Waals surface area contributed by atoms with Crippen molar-refractivity contribution in [1.29, 1.82) is 0 Å². The van der Waals surface area contributed by atoms with Gasteiger partial charge in [-0.3, -0.25) is 18.7 Å². The van der Waals surface area contributed by atoms with Gasteiger partial charge in [-0.25, -0.2) is 8.42 Å². The zero-order chi connectivity index (χ0) is 28.3. The first kappa shape index (κ1) is 27.6. The summed E-state index contributed by atoms with van der Waals surface area (Å²) in [5.41, 5.74) is -0.677. The summed E-state index contributed by atoms with van der Waals surface area (Å²) >= 11 is 0. The van der Waals surface area contributed by atoms with Gasteiger partial charge in [-0.2, -0.15) is 4.98 Å². The Hall–Kier alpha value is -4.38. The number of pyridine rings is 1. The average Bonchev–Trinajstić information content (AvgIpc) is 2.91. The first-order chi connectivity index (χ1) is 18.6. The number of aromatic nitrogens is 3. The Morgan fingerprint density at radius 1 is 0.923 bits per heavy atom. The van der Waals surface area contributed by atoms with E-state index in [1.165, 1.54) is 49.1 Å². The van der Waals surface area contributed by atoms with Gasteiger partial charge in [-0.05, 0) is 54.8 Å². The Kier molecular flexibility index (Phi) is 7.91. The van der Waals surface area contributed by atoms with Crippen molar-refractivity contribution in [3.8, 4) is 28.8 Å². The van der Waals surface area contributed by atoms with Crippen LogP contribution in [0.5, 0.6) is 17.4 Å². The van der Waals surface area contributed by atoms with Crippen LogP contribution < -0.4 is 20.6 Å². The molecule has 0 radical (unpaired) electrons. The maximum Gasteiger partial charge on any atom is 0.281 e. The van der Waals surface area contributed by atoms with Gasteiger partial charge in [-0.15, -0.1) is 0 Å². The van der Waals surface area contributed by atoms with E-state index in [9.17, 15) is 23.1 Å². The molecule has 204 valence electrons. The van der Waals surface area contributed by atoms with Gasteiger partial charge in [-0.1, -0.05) is 26.0 Å². The molecule has 0 bridgehead atoms. The van der Waals surface area contributed by atoms with E-state index in [1.807, 2.05) is 13.8 Å². The zero-order valence-corrected chi connectivity index (χ0v) is 22.8. The average molecular weight is 552 g/mol. The molecule has 2 aromatic heterocycles. The molecule has 4 rings (SSSR count). The summed E-state index contributed by atoms with van der Waals surface area (Å²) in [5.74, 6) is 0.0292. The first-order valence-corrected chi connectivity index (χ1v) is 13.7. The Morgan fingerprint density at radius 3 is 2.13 bits per heavy atom. The molecule has 39 heavy (non-hydrogen) atoms. The van der Waals surface area contributed by atoms with Crippen LogP contribution in [-0.4, -0.2) is 41.9 Å². The van der Waals surface area contributed by atoms with E-state index in [0.29, 0.717) is 12.1 Å². The molecule has 2 aromatic carbocycles. The molecule has 0 spiro atoms. The highest BCUT2D eigenvalue weighted by Crippen LogP contribution is 2.34. The number of hydrogen-bond donors (Lipinski definition) is 1. The largest absolute Gasteiger partial charge is 0.494 e. The normalized spacial score (nSPS) is 11.5. The molecule has 0 fully saturated rings. The molecule has 4 aromatic rings. The quantitative estimate of drug-likeness (QED) is 0.334. The lowest BCUT2D eigenvalue weighted by molar-refractivity contribution is 0.386. The smallest absolute Gasteiger partial charge is 0.281 e. The molecule has 0 amide bonds. The van der Waals surface area contributed by atoms with Gasteiger partial charge in [0.25, 0.3) is 11.1 Å². The second-order valence-corrected chi connectivity index (χ2v) is 11.1. The summed E-state index contributed by atoms with van der Waals surface area (Å²) in [7, 11) is -1.70. The van der Waals surface area contributed by atoms with Crippen LogP contribution in [0.4, 0.5) is 0 Å². The van der Waals surface area contributed by atoms with E-state index in [2.05, 4.69) is 4.98 Å². The van der Waals surface area contributed by atoms with Gasteiger partial charge in [0.2, 0.25) is 15.7 Å². The molecule has 0 aliphatic heterocycles. The van der Waals surface area contributed by atoms with Crippen LogP contribution in [0.1, 0.15) is 26.1 Å². The highest BCUT2D eigenvalue weighted by molar-refractivity contribution is 7.91. The molecule has 1 N–H and O–H groups in total. The van der Waals surface area contributed by atoms with Gasteiger partial charge < -0.3 is 14.6 Å². The lowest BCUT2D eigenvalue weighted by Gasteiger charge is -2.20. The fraction of sp³-hybridized carbons (Fsp3) is 0.250. The van der Waals surface area contributed by atoms with Crippen molar-refractivity contribution in [2.24, 2.45) is 5.92 Å². The number of aromatic hydroxyl groups is 1. The number of aryl methyl sites for hydroxylation is 1. The van der Waals surface area contributed by atoms with E-state index in [4.69, 9.17) is 9.47 Å². The zero-order valence-electron chi connectivity index (χ0n) is 22.0. The Morgan fingerprint density at radius 2 is 1.56 bits per heavy atom. The van der Waals surface area contributed by atoms with Crippen LogP contribution in [0.15, 0.2) is 86.2 Å². The van der Waals surface area contributed by atoms with Crippen LogP contribution in [0.2, 0.25) is 0 Å². The molecule has 0 unspecified atom stereocenters. The van der Waals surface area contributed by atoms with Crippen LogP contribution in [0.3, 0.4) is 0 Å². The minimum absolute atomic E-state index is 0.159. The minimum atomic E-state index is -4.54. The van der Waals surface area contributed by atoms with E-state index in [1.54, 1.807) is 36.5 Å². The van der Waals surface area contributed by atoms with Crippen LogP contribution in [0, 0.1) is 5.92 Å². The molecular formula is C28H29N3O7S. The third-order valence-electron chi connectivity index (χ3n) is 6.18. The maximum atomic E-state index is 14.0. The second kappa shape index (κ2) is 11.2. The highest BCUT2D eigenvalue weighted by Gasteiger charge is 2.31. The number of methoxy groups -OCH3 is 2. The number of nitrogens with zero attached hydrogens (tertiary/aromatic N) is 3. The molecule has 0 aliphatic rings. The Balaban J connectivity index is 1.94. The highest BCUT2D eigenvalue weighted by atomic mass is 32.2. The summed E-state index contributed by atoms with van der Waals surface area (Å²) in [6, 6.07) is 15.0. The summed E-state index contributed by atoms with van der Waals surface area (Å²) in [6.07, 6.45) is 2.45. The number of hydrogen-bond acceptors (Lipinski definition) is 8. The first-order valence-electron chi connectivity index (χ1n) is 12.2. The molecule has 0 saturated carbocycles. The summed E-state index contributed by atoms with van der Waals surface area (Å²) < 4.78 is 40.9. The summed E-state index contributed by atoms with van der Waals surface area (Å²) in [6.45, 7) is 4.00. The van der Waals surface area contributed by atoms with Gasteiger partial charge in [0, 0.05) is 24.4 Å². The number of para-hydroxylation sites is 1. The van der Waals surface area contributed by atoms with Gasteiger partial charge in [0.1, 0.15) is 23.0 Å². The second-order valence-electron chi connectivity index (χ2n) is 9.17. The number of sulfone groups is 1. The van der Waals surface area contributed by atoms with Crippen LogP contribution >= 0.6 is 0 Å². The van der Waals surface area contributed by atoms with Crippen molar-refractivity contribution in [3.63, 3.8) is 0 Å². The van der Waals surface area contributed by atoms with Crippen molar-refractivity contribution in [1.82, 2.24) is 14.1 Å². The molecule has 0 saturated heterocycles. The minimum Gasteiger partial charge on any atom is -0.494 e. The Bertz CT molecular complexity index is 1700. The molecule has 0 atom stereocenters. The topological polar surface area (TPSA) is 130 Å². The van der Waals surface area contributed by atoms with Gasteiger partial charge in [0.15, 0.2) is 4.90 Å². The van der Waals surface area contributed by atoms with Crippen LogP contribution in [0.25, 0.3) is 11.4 Å². The predicted molar refractivity (Wildman–Crippen MR) is 145 cm³/mol. The van der Waals surface area contributed by atoms with Crippen molar-refractivity contribution in [3.05, 3.63) is 93.4 Å². The standard InChI is InChI=1S/C28H29N3O7S/c1-18(2)11-16-23-29-27(33)26(28(34)31(23)25-21(37-3)8-7-9-22(25)38-4)39(35,36)20-14-12-19(13-15-20)30-17-6-5-10-24(30)32/h5-10,12-15,17-18,33H,11,16H2,1-4H3. The fourth-order valence-electron chi connectivity index (χ4n) is 4.19. The van der Waals surface area contributed by atoms with Gasteiger partial charge >= 0.3 is 0 Å². The monoisotopic (exact) mass is 551 g/mol. The number of ether oxygens (including phenoxy) is 2. The number of rotatable bonds is 9. The van der Waals surface area contributed by atoms with Crippen molar-refractivity contribution in [2.75, 3.05) is 14.2 Å². The SMILES string of the molecule is COc1cccc(OC)c1-n1c(CCC(C)C)nc(O)c(S(=O)(=O)c2ccc(-n3ccccc3=O)cc2)c1=O. The molecular weight excluding hydrogens is 522 g/mol. The van der Waals surface area contributed by atoms with E-state index >= 15 is 0 Å². The van der Waals surface area contributed by atoms with E-state index < -0.39 is 26.2 Å². The van der Waals surface area contributed by atoms with Crippen molar-refractivity contribution >= 4 is 9.84 Å². The molecule has 11 heteroatoms. The van der Waals surface area contributed by atoms with Crippen LogP contribution in [-0.2, 0) is 16.3 Å². The third-order valence-corrected chi connectivity index (χ3v) is 7.97. The Labute approximate surface area is 225 Å². The molecule has 10 nitrogen and oxygen atoms in total. The molecule has 2 heterocycles. The lowest BCUT2D eigenvalue weighted by Crippen LogP contribution is -2.30. The van der Waals surface area contributed by atoms with Gasteiger partial charge in [0.05, 0.1) is 19.1 Å². The van der Waals surface area contributed by atoms with E-state index in [-0.39, 0.29) is 45.8 Å². The fourth-order valence-corrected chi connectivity index (χ4v) is 5.52. The predicted octanol–water partition coefficient (Wildman–Crippen LogP) is 3.53. The summed E-state index contributed by atoms with van der Waals surface area (Å²) in [5, 5.41) is 10.8. The number of benzene rings is 2. The van der Waals surface area contributed by atoms with E-state index in [0.717, 1.165) is 4.57 Å². The summed E-state index contributed by atoms with van der Waals surface area (Å²) in [4.78, 5) is 29.2. The third kappa shape index (κ3) is 5.30. The van der Waals surface area contributed by atoms with Crippen molar-refractivity contribution < 1.29 is 23.0 Å². The van der Waals surface area contributed by atoms with Crippen molar-refractivity contribution in [2.45, 2.75) is 36.5 Å². The lowest BCUT2D eigenvalue weighted by atomic mass is 10.1. The maximum absolute atomic E-state index is 14.0. The molecule has 0 aliphatic carbocycles.